The Balaban J connectivity index is 2.95. The Morgan fingerprint density at radius 2 is 1.63 bits per heavy atom. The normalized spacial score (nSPS) is 14.7. The first-order chi connectivity index (χ1) is 8.55. The molecule has 108 valence electrons. The molecule has 7 heteroatoms. The average molecular weight is 359 g/mol. The zero-order valence-corrected chi connectivity index (χ0v) is 12.8. The van der Waals surface area contributed by atoms with Crippen molar-refractivity contribution < 1.29 is 21.6 Å². The maximum Gasteiger partial charge on any atom is 0.501 e. The van der Waals surface area contributed by atoms with E-state index in [1.54, 1.807) is 0 Å². The fourth-order valence-corrected chi connectivity index (χ4v) is 2.53. The largest absolute Gasteiger partial charge is 0.501 e. The van der Waals surface area contributed by atoms with Crippen LogP contribution in [0.3, 0.4) is 0 Å². The van der Waals surface area contributed by atoms with Gasteiger partial charge in [0.2, 0.25) is 0 Å². The number of halogens is 4. The third-order valence-corrected chi connectivity index (χ3v) is 5.58. The van der Waals surface area contributed by atoms with E-state index in [2.05, 4.69) is 15.9 Å². The van der Waals surface area contributed by atoms with E-state index in [0.29, 0.717) is 12.3 Å². The van der Waals surface area contributed by atoms with Crippen LogP contribution in [0.5, 0.6) is 0 Å². The molecule has 0 aliphatic heterocycles. The van der Waals surface area contributed by atoms with Crippen molar-refractivity contribution in [1.29, 1.82) is 0 Å². The van der Waals surface area contributed by atoms with Crippen molar-refractivity contribution in [3.05, 3.63) is 29.8 Å². The molecule has 0 aliphatic rings. The van der Waals surface area contributed by atoms with E-state index in [9.17, 15) is 21.6 Å². The first-order valence-electron chi connectivity index (χ1n) is 5.60. The summed E-state index contributed by atoms with van der Waals surface area (Å²) in [7, 11) is -5.25. The third kappa shape index (κ3) is 3.95. The summed E-state index contributed by atoms with van der Waals surface area (Å²) in [5.41, 5.74) is -4.47. The summed E-state index contributed by atoms with van der Waals surface area (Å²) >= 11 is 3.47. The summed E-state index contributed by atoms with van der Waals surface area (Å²) in [4.78, 5) is -0.531. The highest BCUT2D eigenvalue weighted by Crippen LogP contribution is 2.30. The molecule has 2 nitrogen and oxygen atoms in total. The van der Waals surface area contributed by atoms with Gasteiger partial charge < -0.3 is 0 Å². The number of benzene rings is 1. The van der Waals surface area contributed by atoms with Crippen LogP contribution >= 0.6 is 15.9 Å². The third-order valence-electron chi connectivity index (χ3n) is 2.69. The molecule has 0 heterocycles. The molecule has 0 aliphatic carbocycles. The Labute approximate surface area is 119 Å². The Morgan fingerprint density at radius 3 is 2.00 bits per heavy atom. The minimum absolute atomic E-state index is 0.192. The molecule has 1 aromatic carbocycles. The number of hydrogen-bond acceptors (Lipinski definition) is 2. The van der Waals surface area contributed by atoms with Crippen molar-refractivity contribution in [1.82, 2.24) is 0 Å². The minimum atomic E-state index is -5.26. The summed E-state index contributed by atoms with van der Waals surface area (Å²) in [5.74, 6) is 0.374. The van der Waals surface area contributed by atoms with E-state index in [-0.39, 0.29) is 4.83 Å². The summed E-state index contributed by atoms with van der Waals surface area (Å²) < 4.78 is 59.3. The first-order valence-corrected chi connectivity index (χ1v) is 8.00. The molecule has 1 aromatic rings. The number of rotatable bonds is 4. The Kier molecular flexibility index (Phi) is 5.06. The molecular weight excluding hydrogens is 345 g/mol. The summed E-state index contributed by atoms with van der Waals surface area (Å²) in [6.45, 7) is 4.03. The molecule has 0 saturated heterocycles. The van der Waals surface area contributed by atoms with Crippen molar-refractivity contribution in [3.8, 4) is 0 Å². The van der Waals surface area contributed by atoms with Crippen molar-refractivity contribution in [2.45, 2.75) is 35.5 Å². The predicted molar refractivity (Wildman–Crippen MR) is 70.9 cm³/mol. The lowest BCUT2D eigenvalue weighted by Gasteiger charge is -2.14. The minimum Gasteiger partial charge on any atom is -0.214 e. The molecule has 1 unspecified atom stereocenters. The lowest BCUT2D eigenvalue weighted by Crippen LogP contribution is -2.23. The van der Waals surface area contributed by atoms with Gasteiger partial charge in [-0.2, -0.15) is 13.2 Å². The van der Waals surface area contributed by atoms with Crippen LogP contribution in [0.1, 0.15) is 19.4 Å². The van der Waals surface area contributed by atoms with Gasteiger partial charge in [-0.1, -0.05) is 41.9 Å². The Morgan fingerprint density at radius 1 is 1.16 bits per heavy atom. The first kappa shape index (κ1) is 16.5. The van der Waals surface area contributed by atoms with E-state index in [1.807, 2.05) is 13.8 Å². The molecule has 0 amide bonds. The van der Waals surface area contributed by atoms with Crippen LogP contribution in [0.25, 0.3) is 0 Å². The lowest BCUT2D eigenvalue weighted by atomic mass is 10.0. The van der Waals surface area contributed by atoms with Crippen LogP contribution in [0.15, 0.2) is 29.2 Å². The van der Waals surface area contributed by atoms with Crippen molar-refractivity contribution in [3.63, 3.8) is 0 Å². The van der Waals surface area contributed by atoms with Gasteiger partial charge in [0.25, 0.3) is 9.84 Å². The summed E-state index contributed by atoms with van der Waals surface area (Å²) in [6, 6.07) is 4.82. The van der Waals surface area contributed by atoms with Crippen LogP contribution in [-0.2, 0) is 16.3 Å². The van der Waals surface area contributed by atoms with Gasteiger partial charge in [-0.05, 0) is 30.0 Å². The number of sulfone groups is 1. The van der Waals surface area contributed by atoms with Gasteiger partial charge in [-0.3, -0.25) is 0 Å². The standard InChI is InChI=1S/C12H14BrF3O2S/c1-8(2)11(13)7-9-3-5-10(6-4-9)19(17,18)12(14,15)16/h3-6,8,11H,7H2,1-2H3. The van der Waals surface area contributed by atoms with Gasteiger partial charge in [0.1, 0.15) is 0 Å². The van der Waals surface area contributed by atoms with Crippen molar-refractivity contribution in [2.24, 2.45) is 5.92 Å². The predicted octanol–water partition coefficient (Wildman–Crippen LogP) is 3.94. The quantitative estimate of drug-likeness (QED) is 0.763. The molecular formula is C12H14BrF3O2S. The van der Waals surface area contributed by atoms with E-state index in [1.165, 1.54) is 12.1 Å². The molecule has 0 bridgehead atoms. The fraction of sp³-hybridized carbons (Fsp3) is 0.500. The van der Waals surface area contributed by atoms with Crippen molar-refractivity contribution in [2.75, 3.05) is 0 Å². The van der Waals surface area contributed by atoms with Gasteiger partial charge >= 0.3 is 5.51 Å². The molecule has 0 radical (unpaired) electrons. The van der Waals surface area contributed by atoms with Gasteiger partial charge in [0, 0.05) is 4.83 Å². The Hall–Kier alpha value is -0.560. The second-order valence-electron chi connectivity index (χ2n) is 4.56. The number of hydrogen-bond donors (Lipinski definition) is 0. The molecule has 0 aromatic heterocycles. The van der Waals surface area contributed by atoms with Crippen LogP contribution in [0, 0.1) is 5.92 Å². The topological polar surface area (TPSA) is 34.1 Å². The molecule has 0 fully saturated rings. The van der Waals surface area contributed by atoms with Gasteiger partial charge in [0.05, 0.1) is 4.90 Å². The molecule has 19 heavy (non-hydrogen) atoms. The molecule has 0 saturated carbocycles. The summed E-state index contributed by atoms with van der Waals surface area (Å²) in [6.07, 6.45) is 0.629. The molecule has 0 spiro atoms. The summed E-state index contributed by atoms with van der Waals surface area (Å²) in [5, 5.41) is 0. The van der Waals surface area contributed by atoms with Crippen LogP contribution in [-0.4, -0.2) is 18.8 Å². The smallest absolute Gasteiger partial charge is 0.214 e. The highest BCUT2D eigenvalue weighted by Gasteiger charge is 2.46. The second-order valence-corrected chi connectivity index (χ2v) is 7.67. The monoisotopic (exact) mass is 358 g/mol. The van der Waals surface area contributed by atoms with E-state index >= 15 is 0 Å². The highest BCUT2D eigenvalue weighted by atomic mass is 79.9. The number of alkyl halides is 4. The van der Waals surface area contributed by atoms with Gasteiger partial charge in [-0.25, -0.2) is 8.42 Å². The van der Waals surface area contributed by atoms with Gasteiger partial charge in [-0.15, -0.1) is 0 Å². The van der Waals surface area contributed by atoms with Gasteiger partial charge in [0.15, 0.2) is 0 Å². The molecule has 1 atom stereocenters. The van der Waals surface area contributed by atoms with Crippen LogP contribution < -0.4 is 0 Å². The Bertz CT molecular complexity index is 521. The molecule has 0 N–H and O–H groups in total. The fourth-order valence-electron chi connectivity index (χ4n) is 1.40. The lowest BCUT2D eigenvalue weighted by molar-refractivity contribution is -0.0436. The average Bonchev–Trinajstić information content (AvgIpc) is 2.28. The SMILES string of the molecule is CC(C)C(Br)Cc1ccc(S(=O)(=O)C(F)(F)F)cc1. The van der Waals surface area contributed by atoms with E-state index in [0.717, 1.165) is 17.7 Å². The van der Waals surface area contributed by atoms with Crippen LogP contribution in [0.2, 0.25) is 0 Å². The van der Waals surface area contributed by atoms with E-state index in [4.69, 9.17) is 0 Å². The highest BCUT2D eigenvalue weighted by molar-refractivity contribution is 9.09. The molecule has 1 rings (SSSR count). The van der Waals surface area contributed by atoms with E-state index < -0.39 is 20.2 Å². The zero-order valence-electron chi connectivity index (χ0n) is 10.4. The maximum atomic E-state index is 12.3. The zero-order chi connectivity index (χ0) is 14.8. The maximum absolute atomic E-state index is 12.3. The van der Waals surface area contributed by atoms with Crippen molar-refractivity contribution >= 4 is 25.8 Å². The second kappa shape index (κ2) is 5.83. The van der Waals surface area contributed by atoms with Crippen LogP contribution in [0.4, 0.5) is 13.2 Å².